The van der Waals surface area contributed by atoms with Crippen molar-refractivity contribution in [3.8, 4) is 0 Å². The molecule has 0 fully saturated rings. The summed E-state index contributed by atoms with van der Waals surface area (Å²) in [4.78, 5) is 11.9. The maximum absolute atomic E-state index is 11.9. The van der Waals surface area contributed by atoms with Gasteiger partial charge < -0.3 is 5.32 Å². The molecule has 0 aliphatic carbocycles. The van der Waals surface area contributed by atoms with Crippen LogP contribution in [0.25, 0.3) is 0 Å². The number of para-hydroxylation sites is 1. The number of carbonyl (C=O) groups is 1. The Balaban J connectivity index is 2.14. The summed E-state index contributed by atoms with van der Waals surface area (Å²) < 4.78 is 0. The normalized spacial score (nSPS) is 21.8. The highest BCUT2D eigenvalue weighted by Crippen LogP contribution is 2.31. The van der Waals surface area contributed by atoms with E-state index in [0.29, 0.717) is 12.0 Å². The van der Waals surface area contributed by atoms with Gasteiger partial charge in [0, 0.05) is 17.3 Å². The first-order valence-corrected chi connectivity index (χ1v) is 6.29. The topological polar surface area (TPSA) is 41.1 Å². The number of fused-ring (bicyclic) bond motifs is 1. The van der Waals surface area contributed by atoms with Crippen molar-refractivity contribution in [2.75, 3.05) is 5.32 Å². The number of carbonyl (C=O) groups excluding carboxylic acids is 1. The highest BCUT2D eigenvalue weighted by atomic mass is 16.2. The average molecular weight is 232 g/mol. The lowest BCUT2D eigenvalue weighted by Gasteiger charge is -2.23. The number of hydrogen-bond donors (Lipinski definition) is 2. The summed E-state index contributed by atoms with van der Waals surface area (Å²) in [7, 11) is 0. The lowest BCUT2D eigenvalue weighted by atomic mass is 9.98. The van der Waals surface area contributed by atoms with E-state index >= 15 is 0 Å². The predicted molar refractivity (Wildman–Crippen MR) is 69.9 cm³/mol. The van der Waals surface area contributed by atoms with Gasteiger partial charge in [0.1, 0.15) is 6.04 Å². The summed E-state index contributed by atoms with van der Waals surface area (Å²) in [5.74, 6) is 0.622. The van der Waals surface area contributed by atoms with E-state index in [-0.39, 0.29) is 11.9 Å². The lowest BCUT2D eigenvalue weighted by molar-refractivity contribution is -0.117. The number of rotatable bonds is 4. The first kappa shape index (κ1) is 12.1. The molecule has 1 heterocycles. The zero-order valence-corrected chi connectivity index (χ0v) is 10.7. The molecule has 0 saturated carbocycles. The largest absolute Gasteiger partial charge is 0.324 e. The molecule has 3 unspecified atom stereocenters. The van der Waals surface area contributed by atoms with Crippen LogP contribution in [-0.4, -0.2) is 11.9 Å². The zero-order valence-electron chi connectivity index (χ0n) is 10.7. The van der Waals surface area contributed by atoms with Crippen LogP contribution in [0.3, 0.4) is 0 Å². The molecule has 0 saturated heterocycles. The van der Waals surface area contributed by atoms with Crippen molar-refractivity contribution in [1.82, 2.24) is 5.32 Å². The quantitative estimate of drug-likeness (QED) is 0.838. The lowest BCUT2D eigenvalue weighted by Crippen LogP contribution is -2.38. The zero-order chi connectivity index (χ0) is 12.4. The van der Waals surface area contributed by atoms with Crippen molar-refractivity contribution in [3.05, 3.63) is 29.8 Å². The third kappa shape index (κ3) is 2.34. The first-order chi connectivity index (χ1) is 8.13. The summed E-state index contributed by atoms with van der Waals surface area (Å²) in [5.41, 5.74) is 2.00. The van der Waals surface area contributed by atoms with Crippen molar-refractivity contribution in [3.63, 3.8) is 0 Å². The molecule has 1 aromatic carbocycles. The molecule has 17 heavy (non-hydrogen) atoms. The second-order valence-electron chi connectivity index (χ2n) is 4.85. The van der Waals surface area contributed by atoms with Crippen molar-refractivity contribution >= 4 is 11.6 Å². The Morgan fingerprint density at radius 2 is 2.06 bits per heavy atom. The summed E-state index contributed by atoms with van der Waals surface area (Å²) in [6.07, 6.45) is 1.12. The molecule has 3 atom stereocenters. The van der Waals surface area contributed by atoms with Gasteiger partial charge in [-0.25, -0.2) is 0 Å². The molecule has 1 amide bonds. The van der Waals surface area contributed by atoms with Gasteiger partial charge in [-0.05, 0) is 18.9 Å². The molecule has 0 bridgehead atoms. The summed E-state index contributed by atoms with van der Waals surface area (Å²) in [6, 6.07) is 8.01. The minimum atomic E-state index is -0.199. The Hall–Kier alpha value is -1.35. The van der Waals surface area contributed by atoms with E-state index in [1.807, 2.05) is 24.3 Å². The van der Waals surface area contributed by atoms with Crippen LogP contribution in [-0.2, 0) is 4.79 Å². The number of nitrogens with one attached hydrogen (secondary N) is 2. The van der Waals surface area contributed by atoms with Gasteiger partial charge in [-0.2, -0.15) is 0 Å². The molecule has 3 nitrogen and oxygen atoms in total. The van der Waals surface area contributed by atoms with Crippen LogP contribution < -0.4 is 10.6 Å². The van der Waals surface area contributed by atoms with Gasteiger partial charge in [0.2, 0.25) is 5.91 Å². The Kier molecular flexibility index (Phi) is 3.48. The minimum absolute atomic E-state index is 0.0568. The number of hydrogen-bond acceptors (Lipinski definition) is 2. The fourth-order valence-electron chi connectivity index (χ4n) is 2.15. The fraction of sp³-hybridized carbons (Fsp3) is 0.500. The molecule has 1 aromatic rings. The molecule has 2 rings (SSSR count). The molecule has 0 aromatic heterocycles. The highest BCUT2D eigenvalue weighted by Gasteiger charge is 2.31. The van der Waals surface area contributed by atoms with Crippen LogP contribution in [0, 0.1) is 5.92 Å². The SMILES string of the molecule is CCC(C)C(C)NC1C(=O)Nc2ccccc21. The summed E-state index contributed by atoms with van der Waals surface area (Å²) in [5, 5.41) is 6.33. The number of benzene rings is 1. The monoisotopic (exact) mass is 232 g/mol. The first-order valence-electron chi connectivity index (χ1n) is 6.29. The van der Waals surface area contributed by atoms with Crippen LogP contribution in [0.4, 0.5) is 5.69 Å². The molecule has 1 aliphatic heterocycles. The van der Waals surface area contributed by atoms with Crippen LogP contribution in [0.2, 0.25) is 0 Å². The van der Waals surface area contributed by atoms with E-state index in [1.165, 1.54) is 0 Å². The molecule has 0 radical (unpaired) electrons. The van der Waals surface area contributed by atoms with Crippen LogP contribution in [0.15, 0.2) is 24.3 Å². The van der Waals surface area contributed by atoms with Crippen molar-refractivity contribution < 1.29 is 4.79 Å². The van der Waals surface area contributed by atoms with Crippen LogP contribution >= 0.6 is 0 Å². The Morgan fingerprint density at radius 3 is 2.76 bits per heavy atom. The van der Waals surface area contributed by atoms with E-state index in [1.54, 1.807) is 0 Å². The van der Waals surface area contributed by atoms with Crippen LogP contribution in [0.1, 0.15) is 38.8 Å². The van der Waals surface area contributed by atoms with Crippen LogP contribution in [0.5, 0.6) is 0 Å². The maximum atomic E-state index is 11.9. The van der Waals surface area contributed by atoms with Gasteiger partial charge in [-0.1, -0.05) is 38.5 Å². The molecule has 92 valence electrons. The summed E-state index contributed by atoms with van der Waals surface area (Å²) >= 11 is 0. The Morgan fingerprint density at radius 1 is 1.35 bits per heavy atom. The van der Waals surface area contributed by atoms with Crippen molar-refractivity contribution in [1.29, 1.82) is 0 Å². The number of anilines is 1. The third-order valence-electron chi connectivity index (χ3n) is 3.72. The molecule has 3 heteroatoms. The predicted octanol–water partition coefficient (Wildman–Crippen LogP) is 2.70. The van der Waals surface area contributed by atoms with E-state index in [9.17, 15) is 4.79 Å². The Bertz CT molecular complexity index is 416. The van der Waals surface area contributed by atoms with Gasteiger partial charge in [0.05, 0.1) is 0 Å². The van der Waals surface area contributed by atoms with E-state index in [2.05, 4.69) is 31.4 Å². The second kappa shape index (κ2) is 4.88. The standard InChI is InChI=1S/C14H20N2O/c1-4-9(2)10(3)15-13-11-7-5-6-8-12(11)16-14(13)17/h5-10,13,15H,4H2,1-3H3,(H,16,17). The molecule has 2 N–H and O–H groups in total. The smallest absolute Gasteiger partial charge is 0.246 e. The van der Waals surface area contributed by atoms with Gasteiger partial charge >= 0.3 is 0 Å². The molecular weight excluding hydrogens is 212 g/mol. The summed E-state index contributed by atoms with van der Waals surface area (Å²) in [6.45, 7) is 6.52. The highest BCUT2D eigenvalue weighted by molar-refractivity contribution is 6.02. The van der Waals surface area contributed by atoms with Crippen molar-refractivity contribution in [2.24, 2.45) is 5.92 Å². The van der Waals surface area contributed by atoms with Crippen molar-refractivity contribution in [2.45, 2.75) is 39.3 Å². The Labute approximate surface area is 103 Å². The molecular formula is C14H20N2O. The molecule has 1 aliphatic rings. The minimum Gasteiger partial charge on any atom is -0.324 e. The van der Waals surface area contributed by atoms with E-state index in [0.717, 1.165) is 17.7 Å². The maximum Gasteiger partial charge on any atom is 0.246 e. The fourth-order valence-corrected chi connectivity index (χ4v) is 2.15. The molecule has 0 spiro atoms. The second-order valence-corrected chi connectivity index (χ2v) is 4.85. The number of amides is 1. The van der Waals surface area contributed by atoms with E-state index in [4.69, 9.17) is 0 Å². The van der Waals surface area contributed by atoms with Gasteiger partial charge in [-0.15, -0.1) is 0 Å². The average Bonchev–Trinajstić information content (AvgIpc) is 2.65. The van der Waals surface area contributed by atoms with E-state index < -0.39 is 0 Å². The van der Waals surface area contributed by atoms with Gasteiger partial charge in [0.15, 0.2) is 0 Å². The third-order valence-corrected chi connectivity index (χ3v) is 3.72. The van der Waals surface area contributed by atoms with Gasteiger partial charge in [0.25, 0.3) is 0 Å². The van der Waals surface area contributed by atoms with Gasteiger partial charge in [-0.3, -0.25) is 10.1 Å².